The van der Waals surface area contributed by atoms with Crippen molar-refractivity contribution < 1.29 is 13.2 Å². The van der Waals surface area contributed by atoms with Gasteiger partial charge in [-0.2, -0.15) is 0 Å². The van der Waals surface area contributed by atoms with Crippen LogP contribution in [0.3, 0.4) is 0 Å². The van der Waals surface area contributed by atoms with Gasteiger partial charge in [0.05, 0.1) is 11.4 Å². The van der Waals surface area contributed by atoms with E-state index >= 15 is 0 Å². The maximum atomic E-state index is 12.6. The normalized spacial score (nSPS) is 14.7. The number of benzene rings is 1. The lowest BCUT2D eigenvalue weighted by molar-refractivity contribution is -0.120. The van der Waals surface area contributed by atoms with Crippen molar-refractivity contribution in [2.45, 2.75) is 39.5 Å². The number of aryl methyl sites for hydroxylation is 1. The van der Waals surface area contributed by atoms with Crippen LogP contribution >= 0.6 is 0 Å². The molecule has 0 atom stereocenters. The summed E-state index contributed by atoms with van der Waals surface area (Å²) in [6, 6.07) is 7.59. The number of nitrogens with one attached hydrogen (secondary N) is 1. The van der Waals surface area contributed by atoms with Gasteiger partial charge in [0.25, 0.3) is 0 Å². The van der Waals surface area contributed by atoms with Crippen molar-refractivity contribution in [2.75, 3.05) is 23.1 Å². The highest BCUT2D eigenvalue weighted by atomic mass is 32.2. The second-order valence-corrected chi connectivity index (χ2v) is 8.42. The molecular weight excluding hydrogens is 312 g/mol. The molecule has 2 rings (SSSR count). The molecule has 0 bridgehead atoms. The first-order valence-corrected chi connectivity index (χ1v) is 9.86. The quantitative estimate of drug-likeness (QED) is 0.830. The van der Waals surface area contributed by atoms with E-state index in [1.165, 1.54) is 4.31 Å². The van der Waals surface area contributed by atoms with Crippen molar-refractivity contribution in [3.63, 3.8) is 0 Å². The largest absolute Gasteiger partial charge is 0.356 e. The van der Waals surface area contributed by atoms with Crippen molar-refractivity contribution in [3.8, 4) is 0 Å². The minimum absolute atomic E-state index is 0.0130. The van der Waals surface area contributed by atoms with Gasteiger partial charge in [-0.1, -0.05) is 32.0 Å². The van der Waals surface area contributed by atoms with Crippen molar-refractivity contribution >= 4 is 21.6 Å². The first-order valence-electron chi connectivity index (χ1n) is 8.25. The summed E-state index contributed by atoms with van der Waals surface area (Å²) in [6.45, 7) is 5.27. The summed E-state index contributed by atoms with van der Waals surface area (Å²) in [6.07, 6.45) is 2.63. The second-order valence-electron chi connectivity index (χ2n) is 6.40. The molecule has 1 aromatic carbocycles. The fourth-order valence-corrected chi connectivity index (χ4v) is 4.26. The SMILES string of the molecule is CC(C)CCNC(=O)CCS(=O)(=O)N1CCCc2ccccc21. The van der Waals surface area contributed by atoms with Gasteiger partial charge in [0, 0.05) is 19.5 Å². The smallest absolute Gasteiger partial charge is 0.235 e. The van der Waals surface area contributed by atoms with Crippen LogP contribution in [0.4, 0.5) is 5.69 Å². The molecule has 0 fully saturated rings. The van der Waals surface area contributed by atoms with Crippen molar-refractivity contribution in [1.82, 2.24) is 5.32 Å². The Balaban J connectivity index is 1.94. The zero-order chi connectivity index (χ0) is 16.9. The molecule has 0 saturated heterocycles. The molecule has 1 aliphatic rings. The van der Waals surface area contributed by atoms with Crippen molar-refractivity contribution in [2.24, 2.45) is 5.92 Å². The van der Waals surface area contributed by atoms with Crippen molar-refractivity contribution in [1.29, 1.82) is 0 Å². The number of carbonyl (C=O) groups is 1. The van der Waals surface area contributed by atoms with Crippen LogP contribution in [0.1, 0.15) is 38.7 Å². The Labute approximate surface area is 139 Å². The number of para-hydroxylation sites is 1. The van der Waals surface area contributed by atoms with Crippen LogP contribution in [0, 0.1) is 5.92 Å². The Morgan fingerprint density at radius 3 is 2.78 bits per heavy atom. The molecule has 0 saturated carbocycles. The van der Waals surface area contributed by atoms with Crippen LogP contribution in [0.5, 0.6) is 0 Å². The van der Waals surface area contributed by atoms with Gasteiger partial charge in [-0.05, 0) is 36.8 Å². The minimum atomic E-state index is -3.46. The van der Waals surface area contributed by atoms with E-state index in [9.17, 15) is 13.2 Å². The molecule has 5 nitrogen and oxygen atoms in total. The Bertz CT molecular complexity index is 641. The molecule has 0 aromatic heterocycles. The average Bonchev–Trinajstić information content (AvgIpc) is 2.52. The predicted molar refractivity (Wildman–Crippen MR) is 93.0 cm³/mol. The molecule has 1 aromatic rings. The third kappa shape index (κ3) is 4.96. The van der Waals surface area contributed by atoms with Crippen LogP contribution in [0.25, 0.3) is 0 Å². The van der Waals surface area contributed by atoms with Gasteiger partial charge in [-0.15, -0.1) is 0 Å². The lowest BCUT2D eigenvalue weighted by atomic mass is 10.0. The number of fused-ring (bicyclic) bond motifs is 1. The molecule has 0 spiro atoms. The maximum Gasteiger partial charge on any atom is 0.235 e. The van der Waals surface area contributed by atoms with E-state index in [-0.39, 0.29) is 18.1 Å². The molecule has 0 aliphatic carbocycles. The summed E-state index contributed by atoms with van der Waals surface area (Å²) in [5.74, 6) is 0.179. The number of hydrogen-bond donors (Lipinski definition) is 1. The minimum Gasteiger partial charge on any atom is -0.356 e. The van der Waals surface area contributed by atoms with Gasteiger partial charge in [-0.25, -0.2) is 8.42 Å². The standard InChI is InChI=1S/C17H26N2O3S/c1-14(2)9-11-18-17(20)10-13-23(21,22)19-12-5-7-15-6-3-4-8-16(15)19/h3-4,6,8,14H,5,7,9-13H2,1-2H3,(H,18,20). The van der Waals surface area contributed by atoms with E-state index in [4.69, 9.17) is 0 Å². The number of sulfonamides is 1. The molecule has 128 valence electrons. The number of nitrogens with zero attached hydrogens (tertiary/aromatic N) is 1. The first-order chi connectivity index (χ1) is 10.9. The molecule has 0 unspecified atom stereocenters. The Morgan fingerprint density at radius 1 is 1.30 bits per heavy atom. The Morgan fingerprint density at radius 2 is 2.04 bits per heavy atom. The average molecular weight is 338 g/mol. The van der Waals surface area contributed by atoms with Crippen LogP contribution in [-0.4, -0.2) is 33.2 Å². The van der Waals surface area contributed by atoms with Gasteiger partial charge < -0.3 is 5.32 Å². The zero-order valence-electron chi connectivity index (χ0n) is 13.9. The Kier molecular flexibility index (Phi) is 6.04. The highest BCUT2D eigenvalue weighted by Gasteiger charge is 2.27. The second kappa shape index (κ2) is 7.81. The summed E-state index contributed by atoms with van der Waals surface area (Å²) in [7, 11) is -3.46. The highest BCUT2D eigenvalue weighted by molar-refractivity contribution is 7.92. The number of hydrogen-bond acceptors (Lipinski definition) is 3. The molecule has 6 heteroatoms. The molecule has 1 aliphatic heterocycles. The molecule has 0 radical (unpaired) electrons. The van der Waals surface area contributed by atoms with Gasteiger partial charge in [-0.3, -0.25) is 9.10 Å². The van der Waals surface area contributed by atoms with E-state index in [0.717, 1.165) is 30.5 Å². The number of anilines is 1. The third-order valence-electron chi connectivity index (χ3n) is 4.03. The maximum absolute atomic E-state index is 12.6. The first kappa shape index (κ1) is 17.8. The van der Waals surface area contributed by atoms with E-state index < -0.39 is 10.0 Å². The third-order valence-corrected chi connectivity index (χ3v) is 5.81. The van der Waals surface area contributed by atoms with Gasteiger partial charge in [0.1, 0.15) is 0 Å². The fraction of sp³-hybridized carbons (Fsp3) is 0.588. The lowest BCUT2D eigenvalue weighted by Crippen LogP contribution is -2.38. The molecule has 1 heterocycles. The van der Waals surface area contributed by atoms with Gasteiger partial charge in [0.2, 0.25) is 15.9 Å². The predicted octanol–water partition coefficient (Wildman–Crippen LogP) is 2.32. The fourth-order valence-electron chi connectivity index (χ4n) is 2.71. The van der Waals surface area contributed by atoms with Crippen LogP contribution in [-0.2, 0) is 21.2 Å². The summed E-state index contributed by atoms with van der Waals surface area (Å²) in [4.78, 5) is 11.8. The lowest BCUT2D eigenvalue weighted by Gasteiger charge is -2.30. The molecule has 1 N–H and O–H groups in total. The van der Waals surface area contributed by atoms with E-state index in [1.54, 1.807) is 0 Å². The number of carbonyl (C=O) groups excluding carboxylic acids is 1. The summed E-state index contributed by atoms with van der Waals surface area (Å²) in [5, 5.41) is 2.79. The van der Waals surface area contributed by atoms with Crippen LogP contribution in [0.2, 0.25) is 0 Å². The number of rotatable bonds is 7. The van der Waals surface area contributed by atoms with Crippen LogP contribution in [0.15, 0.2) is 24.3 Å². The van der Waals surface area contributed by atoms with E-state index in [0.29, 0.717) is 19.0 Å². The summed E-state index contributed by atoms with van der Waals surface area (Å²) < 4.78 is 26.6. The highest BCUT2D eigenvalue weighted by Crippen LogP contribution is 2.29. The summed E-state index contributed by atoms with van der Waals surface area (Å²) in [5.41, 5.74) is 1.82. The van der Waals surface area contributed by atoms with E-state index in [2.05, 4.69) is 19.2 Å². The monoisotopic (exact) mass is 338 g/mol. The molecule has 23 heavy (non-hydrogen) atoms. The molecular formula is C17H26N2O3S. The topological polar surface area (TPSA) is 66.5 Å². The molecule has 1 amide bonds. The summed E-state index contributed by atoms with van der Waals surface area (Å²) >= 11 is 0. The number of amides is 1. The van der Waals surface area contributed by atoms with Gasteiger partial charge in [0.15, 0.2) is 0 Å². The van der Waals surface area contributed by atoms with Crippen molar-refractivity contribution in [3.05, 3.63) is 29.8 Å². The van der Waals surface area contributed by atoms with Crippen LogP contribution < -0.4 is 9.62 Å². The zero-order valence-corrected chi connectivity index (χ0v) is 14.7. The van der Waals surface area contributed by atoms with Gasteiger partial charge >= 0.3 is 0 Å². The van der Waals surface area contributed by atoms with E-state index in [1.807, 2.05) is 24.3 Å². The Hall–Kier alpha value is -1.56.